The van der Waals surface area contributed by atoms with E-state index in [0.29, 0.717) is 0 Å². The number of nitrogens with zero attached hydrogens (tertiary/aromatic N) is 1. The Morgan fingerprint density at radius 3 is 2.71 bits per heavy atom. The second-order valence-corrected chi connectivity index (χ2v) is 6.90. The van der Waals surface area contributed by atoms with Gasteiger partial charge in [-0.3, -0.25) is 4.90 Å². The maximum atomic E-state index is 3.64. The minimum Gasteiger partial charge on any atom is -0.314 e. The van der Waals surface area contributed by atoms with Gasteiger partial charge in [-0.2, -0.15) is 0 Å². The molecule has 0 aromatic heterocycles. The van der Waals surface area contributed by atoms with Crippen LogP contribution in [-0.4, -0.2) is 30.6 Å². The van der Waals surface area contributed by atoms with E-state index in [1.165, 1.54) is 51.6 Å². The van der Waals surface area contributed by atoms with Crippen LogP contribution in [0.25, 0.3) is 0 Å². The molecule has 1 aliphatic heterocycles. The van der Waals surface area contributed by atoms with Crippen LogP contribution in [0.4, 0.5) is 0 Å². The first kappa shape index (κ1) is 15.1. The Bertz CT molecular complexity index is 439. The van der Waals surface area contributed by atoms with E-state index in [1.807, 2.05) is 0 Å². The predicted molar refractivity (Wildman–Crippen MR) is 89.5 cm³/mol. The molecule has 1 unspecified atom stereocenters. The quantitative estimate of drug-likeness (QED) is 0.824. The largest absolute Gasteiger partial charge is 0.314 e. The van der Waals surface area contributed by atoms with Crippen LogP contribution in [0, 0.1) is 5.92 Å². The number of benzene rings is 1. The molecule has 0 spiro atoms. The lowest BCUT2D eigenvalue weighted by Gasteiger charge is -2.32. The predicted octanol–water partition coefficient (Wildman–Crippen LogP) is 3.60. The maximum absolute atomic E-state index is 3.64. The Labute approximate surface area is 129 Å². The normalized spacial score (nSPS) is 23.4. The lowest BCUT2D eigenvalue weighted by Crippen LogP contribution is -2.35. The van der Waals surface area contributed by atoms with Crippen LogP contribution >= 0.6 is 0 Å². The molecule has 1 aromatic rings. The molecule has 2 heteroatoms. The summed E-state index contributed by atoms with van der Waals surface area (Å²) in [6.45, 7) is 7.21. The molecule has 2 fully saturated rings. The molecule has 2 nitrogen and oxygen atoms in total. The summed E-state index contributed by atoms with van der Waals surface area (Å²) in [6.07, 6.45) is 8.09. The zero-order chi connectivity index (χ0) is 14.5. The van der Waals surface area contributed by atoms with E-state index in [2.05, 4.69) is 41.4 Å². The fourth-order valence-electron chi connectivity index (χ4n) is 3.52. The Kier molecular flexibility index (Phi) is 5.32. The molecular formula is C19H30N2. The first-order valence-corrected chi connectivity index (χ1v) is 8.87. The number of hydrogen-bond donors (Lipinski definition) is 1. The van der Waals surface area contributed by atoms with Crippen molar-refractivity contribution in [2.24, 2.45) is 5.92 Å². The summed E-state index contributed by atoms with van der Waals surface area (Å²) in [7, 11) is 0. The molecule has 1 atom stereocenters. The Morgan fingerprint density at radius 2 is 1.95 bits per heavy atom. The molecule has 1 aliphatic carbocycles. The van der Waals surface area contributed by atoms with Crippen molar-refractivity contribution >= 4 is 0 Å². The molecule has 116 valence electrons. The summed E-state index contributed by atoms with van der Waals surface area (Å²) >= 11 is 0. The minimum atomic E-state index is 0.824. The van der Waals surface area contributed by atoms with Gasteiger partial charge in [-0.1, -0.05) is 37.6 Å². The molecule has 0 amide bonds. The summed E-state index contributed by atoms with van der Waals surface area (Å²) in [6, 6.07) is 9.88. The van der Waals surface area contributed by atoms with E-state index in [9.17, 15) is 0 Å². The third kappa shape index (κ3) is 4.55. The van der Waals surface area contributed by atoms with E-state index in [0.717, 1.165) is 25.0 Å². The Hall–Kier alpha value is -0.860. The van der Waals surface area contributed by atoms with Crippen LogP contribution < -0.4 is 5.32 Å². The molecule has 0 radical (unpaired) electrons. The van der Waals surface area contributed by atoms with Crippen molar-refractivity contribution < 1.29 is 0 Å². The van der Waals surface area contributed by atoms with Gasteiger partial charge < -0.3 is 5.32 Å². The molecule has 2 aliphatic rings. The lowest BCUT2D eigenvalue weighted by molar-refractivity contribution is 0.164. The van der Waals surface area contributed by atoms with Crippen LogP contribution in [0.5, 0.6) is 0 Å². The van der Waals surface area contributed by atoms with Crippen LogP contribution in [0.3, 0.4) is 0 Å². The standard InChI is InChI=1S/C19H30N2/c1-2-16-6-5-13-21(14-16)15-18-8-4-3-7-17(18)11-12-20-19-9-10-19/h3-4,7-8,16,19-20H,2,5-6,9-15H2,1H3. The second kappa shape index (κ2) is 7.42. The van der Waals surface area contributed by atoms with Gasteiger partial charge in [-0.25, -0.2) is 0 Å². The molecule has 0 bridgehead atoms. The molecule has 1 saturated heterocycles. The smallest absolute Gasteiger partial charge is 0.0236 e. The summed E-state index contributed by atoms with van der Waals surface area (Å²) in [5.41, 5.74) is 3.09. The Balaban J connectivity index is 1.55. The molecule has 1 aromatic carbocycles. The van der Waals surface area contributed by atoms with Crippen molar-refractivity contribution in [1.29, 1.82) is 0 Å². The van der Waals surface area contributed by atoms with E-state index < -0.39 is 0 Å². The number of nitrogens with one attached hydrogen (secondary N) is 1. The Morgan fingerprint density at radius 1 is 1.14 bits per heavy atom. The first-order valence-electron chi connectivity index (χ1n) is 8.87. The van der Waals surface area contributed by atoms with Crippen molar-refractivity contribution in [3.05, 3.63) is 35.4 Å². The van der Waals surface area contributed by atoms with Gasteiger partial charge in [-0.05, 0) is 62.2 Å². The molecule has 3 rings (SSSR count). The van der Waals surface area contributed by atoms with E-state index in [-0.39, 0.29) is 0 Å². The van der Waals surface area contributed by atoms with Gasteiger partial charge in [0.2, 0.25) is 0 Å². The minimum absolute atomic E-state index is 0.824. The number of likely N-dealkylation sites (tertiary alicyclic amines) is 1. The number of piperidine rings is 1. The van der Waals surface area contributed by atoms with Crippen LogP contribution in [0.1, 0.15) is 50.2 Å². The average Bonchev–Trinajstić information content (AvgIpc) is 3.33. The zero-order valence-corrected chi connectivity index (χ0v) is 13.5. The third-order valence-corrected chi connectivity index (χ3v) is 5.10. The van der Waals surface area contributed by atoms with Crippen molar-refractivity contribution in [1.82, 2.24) is 10.2 Å². The number of rotatable bonds is 7. The molecule has 1 heterocycles. The van der Waals surface area contributed by atoms with Crippen LogP contribution in [0.2, 0.25) is 0 Å². The first-order chi connectivity index (χ1) is 10.3. The summed E-state index contributed by atoms with van der Waals surface area (Å²) in [4.78, 5) is 2.67. The van der Waals surface area contributed by atoms with E-state index >= 15 is 0 Å². The topological polar surface area (TPSA) is 15.3 Å². The van der Waals surface area contributed by atoms with Gasteiger partial charge in [-0.15, -0.1) is 0 Å². The second-order valence-electron chi connectivity index (χ2n) is 6.90. The maximum Gasteiger partial charge on any atom is 0.0236 e. The lowest BCUT2D eigenvalue weighted by atomic mass is 9.94. The summed E-state index contributed by atoms with van der Waals surface area (Å²) in [5, 5.41) is 3.64. The molecule has 1 N–H and O–H groups in total. The molecule has 1 saturated carbocycles. The van der Waals surface area contributed by atoms with Gasteiger partial charge in [0.1, 0.15) is 0 Å². The van der Waals surface area contributed by atoms with Crippen molar-refractivity contribution in [2.75, 3.05) is 19.6 Å². The van der Waals surface area contributed by atoms with E-state index in [1.54, 1.807) is 11.1 Å². The van der Waals surface area contributed by atoms with Gasteiger partial charge in [0.25, 0.3) is 0 Å². The fourth-order valence-corrected chi connectivity index (χ4v) is 3.52. The summed E-state index contributed by atoms with van der Waals surface area (Å²) in [5.74, 6) is 0.919. The van der Waals surface area contributed by atoms with Gasteiger partial charge >= 0.3 is 0 Å². The van der Waals surface area contributed by atoms with Crippen molar-refractivity contribution in [3.63, 3.8) is 0 Å². The van der Waals surface area contributed by atoms with Crippen molar-refractivity contribution in [3.8, 4) is 0 Å². The third-order valence-electron chi connectivity index (χ3n) is 5.10. The molecular weight excluding hydrogens is 256 g/mol. The highest BCUT2D eigenvalue weighted by Gasteiger charge is 2.21. The number of hydrogen-bond acceptors (Lipinski definition) is 2. The fraction of sp³-hybridized carbons (Fsp3) is 0.684. The zero-order valence-electron chi connectivity index (χ0n) is 13.5. The monoisotopic (exact) mass is 286 g/mol. The van der Waals surface area contributed by atoms with Gasteiger partial charge in [0.05, 0.1) is 0 Å². The highest BCUT2D eigenvalue weighted by Crippen LogP contribution is 2.22. The average molecular weight is 286 g/mol. The van der Waals surface area contributed by atoms with E-state index in [4.69, 9.17) is 0 Å². The summed E-state index contributed by atoms with van der Waals surface area (Å²) < 4.78 is 0. The SMILES string of the molecule is CCC1CCCN(Cc2ccccc2CCNC2CC2)C1. The van der Waals surface area contributed by atoms with Crippen molar-refractivity contribution in [2.45, 2.75) is 58.0 Å². The highest BCUT2D eigenvalue weighted by molar-refractivity contribution is 5.27. The van der Waals surface area contributed by atoms with Crippen LogP contribution in [-0.2, 0) is 13.0 Å². The van der Waals surface area contributed by atoms with Gasteiger partial charge in [0.15, 0.2) is 0 Å². The highest BCUT2D eigenvalue weighted by atomic mass is 15.1. The molecule has 21 heavy (non-hydrogen) atoms. The van der Waals surface area contributed by atoms with Gasteiger partial charge in [0, 0.05) is 19.1 Å². The van der Waals surface area contributed by atoms with Crippen LogP contribution in [0.15, 0.2) is 24.3 Å².